The van der Waals surface area contributed by atoms with Gasteiger partial charge in [0.1, 0.15) is 0 Å². The Labute approximate surface area is 121 Å². The van der Waals surface area contributed by atoms with Crippen molar-refractivity contribution >= 4 is 11.6 Å². The number of nitrogens with two attached hydrogens (primary N) is 1. The molecule has 0 radical (unpaired) electrons. The van der Waals surface area contributed by atoms with Crippen molar-refractivity contribution in [2.24, 2.45) is 11.7 Å². The molecule has 0 saturated heterocycles. The minimum Gasteiger partial charge on any atom is -0.379 e. The van der Waals surface area contributed by atoms with Crippen LogP contribution in [0.1, 0.15) is 49.3 Å². The molecule has 0 heterocycles. The first kappa shape index (κ1) is 14.8. The lowest BCUT2D eigenvalue weighted by Crippen LogP contribution is -2.35. The molecule has 0 amide bonds. The standard InChI is InChI=1S/C16H24ClNO/c1-11-8-9-13(10-14(11)17)15(18)16(19-2)12-6-4-3-5-7-12/h8-10,12,15-16H,3-7,18H2,1-2H3. The molecular formula is C16H24ClNO. The van der Waals surface area contributed by atoms with Crippen LogP contribution >= 0.6 is 11.6 Å². The van der Waals surface area contributed by atoms with Crippen molar-refractivity contribution in [2.45, 2.75) is 51.2 Å². The van der Waals surface area contributed by atoms with Gasteiger partial charge in [0, 0.05) is 12.1 Å². The van der Waals surface area contributed by atoms with Gasteiger partial charge in [0.2, 0.25) is 0 Å². The molecule has 0 aliphatic heterocycles. The van der Waals surface area contributed by atoms with E-state index in [-0.39, 0.29) is 12.1 Å². The van der Waals surface area contributed by atoms with Crippen LogP contribution in [0.5, 0.6) is 0 Å². The number of hydrogen-bond donors (Lipinski definition) is 1. The largest absolute Gasteiger partial charge is 0.379 e. The fourth-order valence-electron chi connectivity index (χ4n) is 3.10. The van der Waals surface area contributed by atoms with Gasteiger partial charge in [-0.1, -0.05) is 43.0 Å². The molecule has 2 N–H and O–H groups in total. The van der Waals surface area contributed by atoms with Crippen molar-refractivity contribution in [3.63, 3.8) is 0 Å². The van der Waals surface area contributed by atoms with Gasteiger partial charge in [-0.05, 0) is 42.9 Å². The van der Waals surface area contributed by atoms with Gasteiger partial charge in [0.15, 0.2) is 0 Å². The first-order chi connectivity index (χ1) is 9.13. The summed E-state index contributed by atoms with van der Waals surface area (Å²) in [6.07, 6.45) is 6.49. The predicted molar refractivity (Wildman–Crippen MR) is 80.5 cm³/mol. The van der Waals surface area contributed by atoms with Crippen LogP contribution < -0.4 is 5.73 Å². The zero-order valence-electron chi connectivity index (χ0n) is 11.9. The molecule has 0 aromatic heterocycles. The van der Waals surface area contributed by atoms with E-state index in [4.69, 9.17) is 22.1 Å². The highest BCUT2D eigenvalue weighted by Gasteiger charge is 2.29. The van der Waals surface area contributed by atoms with Crippen molar-refractivity contribution in [3.05, 3.63) is 34.3 Å². The summed E-state index contributed by atoms with van der Waals surface area (Å²) in [6.45, 7) is 2.01. The molecule has 1 aromatic carbocycles. The average molecular weight is 282 g/mol. The molecule has 3 heteroatoms. The Kier molecular flexibility index (Phi) is 5.26. The van der Waals surface area contributed by atoms with E-state index in [2.05, 4.69) is 6.07 Å². The minimum absolute atomic E-state index is 0.0915. The van der Waals surface area contributed by atoms with E-state index >= 15 is 0 Å². The number of ether oxygens (including phenoxy) is 1. The fraction of sp³-hybridized carbons (Fsp3) is 0.625. The Morgan fingerprint density at radius 2 is 1.95 bits per heavy atom. The highest BCUT2D eigenvalue weighted by atomic mass is 35.5. The molecular weight excluding hydrogens is 258 g/mol. The monoisotopic (exact) mass is 281 g/mol. The maximum absolute atomic E-state index is 6.42. The first-order valence-electron chi connectivity index (χ1n) is 7.18. The van der Waals surface area contributed by atoms with Gasteiger partial charge in [0.05, 0.1) is 12.1 Å². The van der Waals surface area contributed by atoms with Crippen LogP contribution in [0.15, 0.2) is 18.2 Å². The topological polar surface area (TPSA) is 35.2 Å². The Balaban J connectivity index is 2.14. The van der Waals surface area contributed by atoms with Gasteiger partial charge < -0.3 is 10.5 Å². The lowest BCUT2D eigenvalue weighted by Gasteiger charge is -2.33. The van der Waals surface area contributed by atoms with E-state index in [0.717, 1.165) is 16.1 Å². The van der Waals surface area contributed by atoms with E-state index in [9.17, 15) is 0 Å². The zero-order valence-corrected chi connectivity index (χ0v) is 12.6. The van der Waals surface area contributed by atoms with E-state index in [1.165, 1.54) is 32.1 Å². The fourth-order valence-corrected chi connectivity index (χ4v) is 3.29. The van der Waals surface area contributed by atoms with Crippen molar-refractivity contribution in [1.82, 2.24) is 0 Å². The van der Waals surface area contributed by atoms with Crippen molar-refractivity contribution < 1.29 is 4.74 Å². The average Bonchev–Trinajstić information content (AvgIpc) is 2.44. The third kappa shape index (κ3) is 3.50. The van der Waals surface area contributed by atoms with Crippen LogP contribution in [-0.2, 0) is 4.74 Å². The van der Waals surface area contributed by atoms with Crippen LogP contribution in [0, 0.1) is 12.8 Å². The summed E-state index contributed by atoms with van der Waals surface area (Å²) in [5.74, 6) is 0.578. The van der Waals surface area contributed by atoms with Crippen molar-refractivity contribution in [3.8, 4) is 0 Å². The third-order valence-electron chi connectivity index (χ3n) is 4.32. The van der Waals surface area contributed by atoms with Gasteiger partial charge >= 0.3 is 0 Å². The summed E-state index contributed by atoms with van der Waals surface area (Å²) in [7, 11) is 1.77. The molecule has 1 aliphatic rings. The number of aryl methyl sites for hydroxylation is 1. The lowest BCUT2D eigenvalue weighted by molar-refractivity contribution is 0.0173. The number of rotatable bonds is 4. The Bertz CT molecular complexity index is 415. The summed E-state index contributed by atoms with van der Waals surface area (Å²) in [4.78, 5) is 0. The van der Waals surface area contributed by atoms with Crippen LogP contribution in [0.2, 0.25) is 5.02 Å². The van der Waals surface area contributed by atoms with Crippen LogP contribution in [-0.4, -0.2) is 13.2 Å². The molecule has 2 atom stereocenters. The van der Waals surface area contributed by atoms with Gasteiger partial charge in [-0.2, -0.15) is 0 Å². The summed E-state index contributed by atoms with van der Waals surface area (Å²) >= 11 is 6.20. The van der Waals surface area contributed by atoms with E-state index in [1.807, 2.05) is 19.1 Å². The van der Waals surface area contributed by atoms with E-state index < -0.39 is 0 Å². The highest BCUT2D eigenvalue weighted by Crippen LogP contribution is 2.33. The van der Waals surface area contributed by atoms with Crippen LogP contribution in [0.3, 0.4) is 0 Å². The summed E-state index contributed by atoms with van der Waals surface area (Å²) in [6, 6.07) is 5.99. The smallest absolute Gasteiger partial charge is 0.0791 e. The quantitative estimate of drug-likeness (QED) is 0.896. The van der Waals surface area contributed by atoms with Gasteiger partial charge in [-0.25, -0.2) is 0 Å². The van der Waals surface area contributed by atoms with E-state index in [0.29, 0.717) is 5.92 Å². The molecule has 1 aromatic rings. The number of benzene rings is 1. The molecule has 0 bridgehead atoms. The van der Waals surface area contributed by atoms with Crippen molar-refractivity contribution in [2.75, 3.05) is 7.11 Å². The second-order valence-electron chi connectivity index (χ2n) is 5.63. The summed E-state index contributed by atoms with van der Waals surface area (Å²) < 4.78 is 5.71. The van der Waals surface area contributed by atoms with E-state index in [1.54, 1.807) is 7.11 Å². The number of halogens is 1. The third-order valence-corrected chi connectivity index (χ3v) is 4.73. The zero-order chi connectivity index (χ0) is 13.8. The second kappa shape index (κ2) is 6.74. The maximum Gasteiger partial charge on any atom is 0.0791 e. The normalized spacial score (nSPS) is 20.2. The number of methoxy groups -OCH3 is 1. The molecule has 2 nitrogen and oxygen atoms in total. The predicted octanol–water partition coefficient (Wildman–Crippen LogP) is 4.24. The molecule has 106 valence electrons. The minimum atomic E-state index is -0.0915. The van der Waals surface area contributed by atoms with Crippen molar-refractivity contribution in [1.29, 1.82) is 0 Å². The summed E-state index contributed by atoms with van der Waals surface area (Å²) in [5, 5.41) is 0.784. The molecule has 19 heavy (non-hydrogen) atoms. The Morgan fingerprint density at radius 3 is 2.53 bits per heavy atom. The SMILES string of the molecule is COC(C1CCCCC1)C(N)c1ccc(C)c(Cl)c1. The number of hydrogen-bond acceptors (Lipinski definition) is 2. The lowest BCUT2D eigenvalue weighted by atomic mass is 9.81. The molecule has 2 rings (SSSR count). The molecule has 1 aliphatic carbocycles. The first-order valence-corrected chi connectivity index (χ1v) is 7.55. The Morgan fingerprint density at radius 1 is 1.26 bits per heavy atom. The molecule has 1 saturated carbocycles. The summed E-state index contributed by atoms with van der Waals surface area (Å²) in [5.41, 5.74) is 8.58. The van der Waals surface area contributed by atoms with Crippen LogP contribution in [0.25, 0.3) is 0 Å². The molecule has 1 fully saturated rings. The highest BCUT2D eigenvalue weighted by molar-refractivity contribution is 6.31. The van der Waals surface area contributed by atoms with Gasteiger partial charge in [-0.15, -0.1) is 0 Å². The van der Waals surface area contributed by atoms with Crippen LogP contribution in [0.4, 0.5) is 0 Å². The van der Waals surface area contributed by atoms with Gasteiger partial charge in [-0.3, -0.25) is 0 Å². The van der Waals surface area contributed by atoms with Gasteiger partial charge in [0.25, 0.3) is 0 Å². The maximum atomic E-state index is 6.42. The Hall–Kier alpha value is -0.570. The second-order valence-corrected chi connectivity index (χ2v) is 6.04. The molecule has 0 spiro atoms. The molecule has 2 unspecified atom stereocenters.